The van der Waals surface area contributed by atoms with E-state index < -0.39 is 10.0 Å². The average Bonchev–Trinajstić information content (AvgIpc) is 2.73. The number of nitrogens with one attached hydrogen (secondary N) is 2. The third-order valence-corrected chi connectivity index (χ3v) is 6.17. The molecule has 6 nitrogen and oxygen atoms in total. The van der Waals surface area contributed by atoms with Crippen LogP contribution in [0.25, 0.3) is 0 Å². The van der Waals surface area contributed by atoms with Gasteiger partial charge in [0, 0.05) is 23.4 Å². The van der Waals surface area contributed by atoms with Gasteiger partial charge in [0.05, 0.1) is 12.0 Å². The molecular formula is C23H24N2O4S. The van der Waals surface area contributed by atoms with Crippen molar-refractivity contribution in [2.24, 2.45) is 0 Å². The maximum atomic E-state index is 12.8. The third kappa shape index (κ3) is 4.99. The normalized spacial score (nSPS) is 11.0. The summed E-state index contributed by atoms with van der Waals surface area (Å²) in [7, 11) is -2.20. The maximum absolute atomic E-state index is 12.8. The quantitative estimate of drug-likeness (QED) is 0.599. The Labute approximate surface area is 177 Å². The SMILES string of the molecule is COc1ccccc1CNC(=O)c1cccc(NS(=O)(=O)c2cc(C)ccc2C)c1. The summed E-state index contributed by atoms with van der Waals surface area (Å²) in [6.45, 7) is 3.88. The molecule has 1 amide bonds. The van der Waals surface area contributed by atoms with Crippen LogP contribution in [0.15, 0.2) is 71.6 Å². The van der Waals surface area contributed by atoms with Crippen LogP contribution in [0.5, 0.6) is 5.75 Å². The Morgan fingerprint density at radius 1 is 0.967 bits per heavy atom. The van der Waals surface area contributed by atoms with Crippen LogP contribution in [0.2, 0.25) is 0 Å². The van der Waals surface area contributed by atoms with Crippen molar-refractivity contribution in [3.63, 3.8) is 0 Å². The van der Waals surface area contributed by atoms with Crippen LogP contribution in [0.1, 0.15) is 27.0 Å². The Bertz CT molecular complexity index is 1170. The number of benzene rings is 3. The summed E-state index contributed by atoms with van der Waals surface area (Å²) in [5.41, 5.74) is 3.02. The zero-order valence-electron chi connectivity index (χ0n) is 17.1. The number of aryl methyl sites for hydroxylation is 2. The summed E-state index contributed by atoms with van der Waals surface area (Å²) in [6.07, 6.45) is 0. The lowest BCUT2D eigenvalue weighted by Crippen LogP contribution is -2.23. The van der Waals surface area contributed by atoms with Gasteiger partial charge in [0.1, 0.15) is 5.75 Å². The van der Waals surface area contributed by atoms with Gasteiger partial charge in [0.2, 0.25) is 0 Å². The Morgan fingerprint density at radius 2 is 1.73 bits per heavy atom. The molecular weight excluding hydrogens is 400 g/mol. The average molecular weight is 425 g/mol. The van der Waals surface area contributed by atoms with Crippen molar-refractivity contribution in [3.05, 3.63) is 89.0 Å². The lowest BCUT2D eigenvalue weighted by Gasteiger charge is -2.13. The number of hydrogen-bond donors (Lipinski definition) is 2. The molecule has 0 saturated heterocycles. The molecule has 0 aliphatic heterocycles. The topological polar surface area (TPSA) is 84.5 Å². The van der Waals surface area contributed by atoms with Crippen LogP contribution in [0.3, 0.4) is 0 Å². The van der Waals surface area contributed by atoms with Crippen LogP contribution in [0.4, 0.5) is 5.69 Å². The number of para-hydroxylation sites is 1. The summed E-state index contributed by atoms with van der Waals surface area (Å²) in [6, 6.07) is 19.1. The van der Waals surface area contributed by atoms with Crippen molar-refractivity contribution in [1.29, 1.82) is 0 Å². The first-order valence-electron chi connectivity index (χ1n) is 9.40. The molecule has 0 spiro atoms. The van der Waals surface area contributed by atoms with Gasteiger partial charge in [-0.3, -0.25) is 9.52 Å². The Kier molecular flexibility index (Phi) is 6.42. The zero-order chi connectivity index (χ0) is 21.7. The van der Waals surface area contributed by atoms with Gasteiger partial charge >= 0.3 is 0 Å². The van der Waals surface area contributed by atoms with Crippen LogP contribution in [-0.4, -0.2) is 21.4 Å². The molecule has 0 unspecified atom stereocenters. The molecule has 30 heavy (non-hydrogen) atoms. The molecule has 0 fully saturated rings. The van der Waals surface area contributed by atoms with Crippen LogP contribution in [0, 0.1) is 13.8 Å². The fourth-order valence-corrected chi connectivity index (χ4v) is 4.44. The van der Waals surface area contributed by atoms with Gasteiger partial charge in [-0.25, -0.2) is 8.42 Å². The maximum Gasteiger partial charge on any atom is 0.262 e. The predicted molar refractivity (Wildman–Crippen MR) is 117 cm³/mol. The highest BCUT2D eigenvalue weighted by molar-refractivity contribution is 7.92. The molecule has 0 bridgehead atoms. The van der Waals surface area contributed by atoms with Crippen molar-refractivity contribution in [2.75, 3.05) is 11.8 Å². The lowest BCUT2D eigenvalue weighted by atomic mass is 10.1. The van der Waals surface area contributed by atoms with E-state index in [0.717, 1.165) is 11.1 Å². The highest BCUT2D eigenvalue weighted by Gasteiger charge is 2.18. The summed E-state index contributed by atoms with van der Waals surface area (Å²) in [4.78, 5) is 12.8. The first kappa shape index (κ1) is 21.4. The van der Waals surface area contributed by atoms with Crippen molar-refractivity contribution >= 4 is 21.6 Å². The van der Waals surface area contributed by atoms with E-state index >= 15 is 0 Å². The number of carbonyl (C=O) groups excluding carboxylic acids is 1. The number of hydrogen-bond acceptors (Lipinski definition) is 4. The van der Waals surface area contributed by atoms with Crippen molar-refractivity contribution in [2.45, 2.75) is 25.3 Å². The number of anilines is 1. The first-order chi connectivity index (χ1) is 14.3. The summed E-state index contributed by atoms with van der Waals surface area (Å²) in [5, 5.41) is 2.83. The molecule has 3 aromatic rings. The number of sulfonamides is 1. The second-order valence-corrected chi connectivity index (χ2v) is 8.60. The summed E-state index contributed by atoms with van der Waals surface area (Å²) in [5.74, 6) is 0.376. The second-order valence-electron chi connectivity index (χ2n) is 6.95. The molecule has 2 N–H and O–H groups in total. The van der Waals surface area contributed by atoms with Gasteiger partial charge in [-0.15, -0.1) is 0 Å². The van der Waals surface area contributed by atoms with E-state index in [2.05, 4.69) is 10.0 Å². The largest absolute Gasteiger partial charge is 0.496 e. The van der Waals surface area contributed by atoms with Crippen molar-refractivity contribution < 1.29 is 17.9 Å². The zero-order valence-corrected chi connectivity index (χ0v) is 17.9. The Hall–Kier alpha value is -3.32. The molecule has 0 saturated carbocycles. The van der Waals surface area contributed by atoms with E-state index in [4.69, 9.17) is 4.74 Å². The van der Waals surface area contributed by atoms with Crippen molar-refractivity contribution in [3.8, 4) is 5.75 Å². The highest BCUT2D eigenvalue weighted by Crippen LogP contribution is 2.22. The molecule has 0 aromatic heterocycles. The Balaban J connectivity index is 1.75. The summed E-state index contributed by atoms with van der Waals surface area (Å²) >= 11 is 0. The number of carbonyl (C=O) groups is 1. The smallest absolute Gasteiger partial charge is 0.262 e. The molecule has 0 aliphatic carbocycles. The Morgan fingerprint density at radius 3 is 2.50 bits per heavy atom. The number of methoxy groups -OCH3 is 1. The van der Waals surface area contributed by atoms with Gasteiger partial charge in [0.25, 0.3) is 15.9 Å². The molecule has 0 atom stereocenters. The van der Waals surface area contributed by atoms with Crippen molar-refractivity contribution in [1.82, 2.24) is 5.32 Å². The fourth-order valence-electron chi connectivity index (χ4n) is 3.06. The van der Waals surface area contributed by atoms with Crippen LogP contribution in [-0.2, 0) is 16.6 Å². The molecule has 0 aliphatic rings. The van der Waals surface area contributed by atoms with E-state index in [9.17, 15) is 13.2 Å². The monoisotopic (exact) mass is 424 g/mol. The second kappa shape index (κ2) is 9.00. The van der Waals surface area contributed by atoms with Gasteiger partial charge in [-0.1, -0.05) is 36.4 Å². The van der Waals surface area contributed by atoms with Gasteiger partial charge in [-0.2, -0.15) is 0 Å². The fraction of sp³-hybridized carbons (Fsp3) is 0.174. The first-order valence-corrected chi connectivity index (χ1v) is 10.9. The molecule has 7 heteroatoms. The molecule has 0 heterocycles. The minimum atomic E-state index is -3.77. The molecule has 156 valence electrons. The van der Waals surface area contributed by atoms with Gasteiger partial charge in [0.15, 0.2) is 0 Å². The number of amides is 1. The van der Waals surface area contributed by atoms with Crippen LogP contribution < -0.4 is 14.8 Å². The van der Waals surface area contributed by atoms with E-state index in [1.165, 1.54) is 6.07 Å². The molecule has 3 rings (SSSR count). The minimum absolute atomic E-state index is 0.216. The standard InChI is InChI=1S/C23H24N2O4S/c1-16-11-12-17(2)22(13-16)30(27,28)25-20-9-6-8-18(14-20)23(26)24-15-19-7-4-5-10-21(19)29-3/h4-14,25H,15H2,1-3H3,(H,24,26). The third-order valence-electron chi connectivity index (χ3n) is 4.64. The summed E-state index contributed by atoms with van der Waals surface area (Å²) < 4.78 is 33.5. The minimum Gasteiger partial charge on any atom is -0.496 e. The number of ether oxygens (including phenoxy) is 1. The van der Waals surface area contributed by atoms with E-state index in [0.29, 0.717) is 29.1 Å². The van der Waals surface area contributed by atoms with E-state index in [1.54, 1.807) is 44.4 Å². The highest BCUT2D eigenvalue weighted by atomic mass is 32.2. The van der Waals surface area contributed by atoms with E-state index in [1.807, 2.05) is 37.3 Å². The van der Waals surface area contributed by atoms with Gasteiger partial charge in [-0.05, 0) is 55.3 Å². The lowest BCUT2D eigenvalue weighted by molar-refractivity contribution is 0.0950. The van der Waals surface area contributed by atoms with Crippen LogP contribution >= 0.6 is 0 Å². The molecule has 3 aromatic carbocycles. The van der Waals surface area contributed by atoms with Gasteiger partial charge < -0.3 is 10.1 Å². The van der Waals surface area contributed by atoms with E-state index in [-0.39, 0.29) is 10.8 Å². The molecule has 0 radical (unpaired) electrons. The number of rotatable bonds is 7. The predicted octanol–water partition coefficient (Wildman–Crippen LogP) is 4.04.